The Kier molecular flexibility index (Phi) is 10.8. The molecule has 2 amide bonds. The SMILES string of the molecule is CO[C@H]1[C@H](n2cnc3c(NC(=O)c4ccccc4)ncnc32)O[C@]2(C)CO[P@](=O)(S)O[C@H]3[C@H]4OC[C@]3(CO[P@@](=O)(S)O[C@@H]12)O[C@H]4n1cnc2c(NC(=O)c3ccccc3)ncnc21. The summed E-state index contributed by atoms with van der Waals surface area (Å²) in [5, 5.41) is 5.53. The number of hydrogen-bond donors (Lipinski definition) is 4. The highest BCUT2D eigenvalue weighted by molar-refractivity contribution is 8.44. The minimum absolute atomic E-state index is 0.137. The van der Waals surface area contributed by atoms with Gasteiger partial charge in [0.05, 0.1) is 32.5 Å². The fourth-order valence-electron chi connectivity index (χ4n) is 8.07. The zero-order valence-corrected chi connectivity index (χ0v) is 36.5. The highest BCUT2D eigenvalue weighted by atomic mass is 32.7. The van der Waals surface area contributed by atoms with Crippen molar-refractivity contribution in [3.63, 3.8) is 0 Å². The molecule has 8 heterocycles. The van der Waals surface area contributed by atoms with Gasteiger partial charge in [-0.1, -0.05) is 60.9 Å². The van der Waals surface area contributed by atoms with Crippen LogP contribution in [-0.4, -0.2) is 113 Å². The molecular weight excluding hydrogens is 903 g/mol. The summed E-state index contributed by atoms with van der Waals surface area (Å²) in [5.74, 6) is -0.538. The minimum Gasteiger partial charge on any atom is -0.374 e. The van der Waals surface area contributed by atoms with Gasteiger partial charge in [-0.3, -0.25) is 36.8 Å². The number of nitrogens with zero attached hydrogens (tertiary/aromatic N) is 8. The summed E-state index contributed by atoms with van der Waals surface area (Å²) in [6, 6.07) is 17.2. The number of fused-ring (bicyclic) bond motifs is 3. The zero-order valence-electron chi connectivity index (χ0n) is 32.9. The van der Waals surface area contributed by atoms with Crippen LogP contribution in [0.15, 0.2) is 86.0 Å². The van der Waals surface area contributed by atoms with E-state index in [1.54, 1.807) is 72.2 Å². The number of imidazole rings is 2. The van der Waals surface area contributed by atoms with Crippen molar-refractivity contribution in [1.29, 1.82) is 0 Å². The fraction of sp³-hybridized carbons (Fsp3) is 0.351. The number of benzene rings is 2. The number of nitrogens with one attached hydrogen (secondary N) is 2. The number of aromatic nitrogens is 8. The van der Waals surface area contributed by atoms with Crippen molar-refractivity contribution in [2.75, 3.05) is 37.6 Å². The van der Waals surface area contributed by atoms with E-state index < -0.39 is 86.7 Å². The molecule has 2 aromatic carbocycles. The summed E-state index contributed by atoms with van der Waals surface area (Å²) in [7, 11) is 1.39. The zero-order chi connectivity index (χ0) is 43.7. The normalized spacial score (nSPS) is 33.0. The molecule has 0 radical (unpaired) electrons. The molecule has 2 bridgehead atoms. The van der Waals surface area contributed by atoms with E-state index in [9.17, 15) is 18.7 Å². The molecule has 10 rings (SSSR count). The number of ether oxygens (including phenoxy) is 4. The molecule has 4 aliphatic rings. The molecule has 2 N–H and O–H groups in total. The molecule has 63 heavy (non-hydrogen) atoms. The highest BCUT2D eigenvalue weighted by Crippen LogP contribution is 2.64. The first-order chi connectivity index (χ1) is 30.3. The molecule has 328 valence electrons. The number of thiol groups is 2. The van der Waals surface area contributed by atoms with Crippen LogP contribution in [0.25, 0.3) is 22.3 Å². The van der Waals surface area contributed by atoms with Crippen LogP contribution in [0.3, 0.4) is 0 Å². The van der Waals surface area contributed by atoms with Crippen LogP contribution in [0.5, 0.6) is 0 Å². The van der Waals surface area contributed by atoms with Crippen LogP contribution < -0.4 is 10.6 Å². The van der Waals surface area contributed by atoms with Crippen LogP contribution in [-0.2, 0) is 46.2 Å². The van der Waals surface area contributed by atoms with Gasteiger partial charge in [0.15, 0.2) is 46.4 Å². The van der Waals surface area contributed by atoms with Crippen molar-refractivity contribution in [3.8, 4) is 0 Å². The van der Waals surface area contributed by atoms with Crippen molar-refractivity contribution in [1.82, 2.24) is 39.0 Å². The van der Waals surface area contributed by atoms with Crippen molar-refractivity contribution in [3.05, 3.63) is 97.1 Å². The molecule has 0 spiro atoms. The van der Waals surface area contributed by atoms with Gasteiger partial charge in [0.2, 0.25) is 0 Å². The van der Waals surface area contributed by atoms with Crippen molar-refractivity contribution in [2.24, 2.45) is 0 Å². The summed E-state index contributed by atoms with van der Waals surface area (Å²) in [6.45, 7) is -8.28. The van der Waals surface area contributed by atoms with Gasteiger partial charge < -0.3 is 29.6 Å². The van der Waals surface area contributed by atoms with Crippen LogP contribution in [0.2, 0.25) is 0 Å². The smallest absolute Gasteiger partial charge is 0.374 e. The van der Waals surface area contributed by atoms with Gasteiger partial charge in [-0.2, -0.15) is 0 Å². The molecular formula is C37H36N10O12P2S2. The Labute approximate surface area is 367 Å². The molecule has 0 aliphatic carbocycles. The number of carbonyl (C=O) groups is 2. The van der Waals surface area contributed by atoms with E-state index in [4.69, 9.17) is 37.0 Å². The first kappa shape index (κ1) is 42.3. The lowest BCUT2D eigenvalue weighted by molar-refractivity contribution is -0.183. The number of anilines is 2. The number of methoxy groups -OCH3 is 1. The number of carbonyl (C=O) groups excluding carboxylic acids is 2. The number of hydrogen-bond acceptors (Lipinski definition) is 18. The summed E-state index contributed by atoms with van der Waals surface area (Å²) >= 11 is 8.73. The Bertz CT molecular complexity index is 2850. The van der Waals surface area contributed by atoms with Crippen LogP contribution in [0, 0.1) is 0 Å². The predicted octanol–water partition coefficient (Wildman–Crippen LogP) is 5.03. The Morgan fingerprint density at radius 1 is 0.714 bits per heavy atom. The van der Waals surface area contributed by atoms with E-state index in [1.165, 1.54) is 37.0 Å². The molecule has 26 heteroatoms. The maximum atomic E-state index is 14.3. The Morgan fingerprint density at radius 3 is 1.79 bits per heavy atom. The van der Waals surface area contributed by atoms with E-state index in [0.29, 0.717) is 11.1 Å². The lowest BCUT2D eigenvalue weighted by atomic mass is 9.98. The van der Waals surface area contributed by atoms with E-state index in [2.05, 4.69) is 65.0 Å². The Balaban J connectivity index is 0.921. The minimum atomic E-state index is -4.37. The fourth-order valence-corrected chi connectivity index (χ4v) is 11.2. The molecule has 4 aliphatic heterocycles. The van der Waals surface area contributed by atoms with Gasteiger partial charge in [-0.05, 0) is 31.2 Å². The van der Waals surface area contributed by atoms with Gasteiger partial charge in [-0.15, -0.1) is 0 Å². The van der Waals surface area contributed by atoms with Crippen LogP contribution in [0.4, 0.5) is 11.6 Å². The Morgan fingerprint density at radius 2 is 1.24 bits per heavy atom. The van der Waals surface area contributed by atoms with Crippen LogP contribution in [0.1, 0.15) is 40.1 Å². The average Bonchev–Trinajstić information content (AvgIpc) is 4.10. The molecule has 4 fully saturated rings. The van der Waals surface area contributed by atoms with Crippen molar-refractivity contribution in [2.45, 2.75) is 55.0 Å². The first-order valence-corrected chi connectivity index (χ1v) is 24.6. The third-order valence-corrected chi connectivity index (χ3v) is 14.3. The summed E-state index contributed by atoms with van der Waals surface area (Å²) in [5.41, 5.74) is -1.35. The predicted molar refractivity (Wildman–Crippen MR) is 226 cm³/mol. The average molecular weight is 939 g/mol. The van der Waals surface area contributed by atoms with E-state index in [-0.39, 0.29) is 40.6 Å². The van der Waals surface area contributed by atoms with Gasteiger partial charge in [-0.25, -0.2) is 39.0 Å². The lowest BCUT2D eigenvalue weighted by Gasteiger charge is -2.36. The molecule has 0 unspecified atom stereocenters. The highest BCUT2D eigenvalue weighted by Gasteiger charge is 2.66. The van der Waals surface area contributed by atoms with E-state index >= 15 is 0 Å². The molecule has 0 saturated carbocycles. The first-order valence-electron chi connectivity index (χ1n) is 19.2. The molecule has 6 aromatic rings. The summed E-state index contributed by atoms with van der Waals surface area (Å²) in [4.78, 5) is 52.2. The third kappa shape index (κ3) is 7.66. The summed E-state index contributed by atoms with van der Waals surface area (Å²) < 4.78 is 81.1. The van der Waals surface area contributed by atoms with Crippen molar-refractivity contribution >= 4 is 83.9 Å². The van der Waals surface area contributed by atoms with Gasteiger partial charge in [0.25, 0.3) is 11.8 Å². The van der Waals surface area contributed by atoms with Gasteiger partial charge in [0, 0.05) is 18.2 Å². The maximum absolute atomic E-state index is 14.3. The van der Waals surface area contributed by atoms with E-state index in [0.717, 1.165) is 0 Å². The second-order valence-corrected chi connectivity index (χ2v) is 20.9. The largest absolute Gasteiger partial charge is 0.386 e. The topological polar surface area (TPSA) is 253 Å². The number of amides is 2. The van der Waals surface area contributed by atoms with E-state index in [1.807, 2.05) is 0 Å². The lowest BCUT2D eigenvalue weighted by Crippen LogP contribution is -2.48. The summed E-state index contributed by atoms with van der Waals surface area (Å²) in [6.07, 6.45) is -1.28. The second kappa shape index (κ2) is 16.1. The van der Waals surface area contributed by atoms with Crippen LogP contribution >= 0.6 is 38.1 Å². The quantitative estimate of drug-likeness (QED) is 0.121. The molecule has 4 saturated heterocycles. The maximum Gasteiger partial charge on any atom is 0.386 e. The second-order valence-electron chi connectivity index (χ2n) is 15.1. The van der Waals surface area contributed by atoms with Gasteiger partial charge in [0.1, 0.15) is 48.3 Å². The Hall–Kier alpha value is -4.68. The molecule has 10 atom stereocenters. The number of rotatable bonds is 7. The third-order valence-electron chi connectivity index (χ3n) is 11.1. The standard InChI is InChI=1S/C37H36N10O12P2S2/c1-36-13-54-60(50,62)59-27-25-35(47-19-43-23-29(39-17-41-31(23)47)45-33(49)21-11-7-4-8-12-21)57-37(27,14-53-25)15-55-61(51,63)58-26(36)24(52-2)34(56-36)46-18-42-22-28(38-16-40-30(22)46)44-32(48)20-9-5-3-6-10-20/h3-12,16-19,24-27,34-35H,13-15H2,1-2H3,(H,50,62)(H,51,63)(H,38,40,44,48)(H,39,41,45,49)/t24-,25-,26+,27+,34-,35-,36-,37-,60+,61-/m1/s1. The monoisotopic (exact) mass is 938 g/mol. The van der Waals surface area contributed by atoms with Crippen molar-refractivity contribution < 1.29 is 55.8 Å². The van der Waals surface area contributed by atoms with Gasteiger partial charge >= 0.3 is 13.6 Å². The molecule has 22 nitrogen and oxygen atoms in total. The molecule has 4 aromatic heterocycles.